The molecule has 0 bridgehead atoms. The van der Waals surface area contributed by atoms with E-state index in [1.54, 1.807) is 36.4 Å². The molecule has 0 fully saturated rings. The minimum atomic E-state index is -0.211. The van der Waals surface area contributed by atoms with Gasteiger partial charge in [-0.2, -0.15) is 0 Å². The van der Waals surface area contributed by atoms with E-state index < -0.39 is 0 Å². The van der Waals surface area contributed by atoms with Crippen LogP contribution in [0.5, 0.6) is 5.75 Å². The molecule has 0 saturated carbocycles. The second-order valence-electron chi connectivity index (χ2n) is 4.69. The number of anilines is 1. The lowest BCUT2D eigenvalue weighted by Gasteiger charge is -2.04. The van der Waals surface area contributed by atoms with Crippen molar-refractivity contribution in [3.63, 3.8) is 0 Å². The van der Waals surface area contributed by atoms with Crippen LogP contribution < -0.4 is 5.32 Å². The second-order valence-corrected chi connectivity index (χ2v) is 6.40. The molecule has 1 heterocycles. The van der Waals surface area contributed by atoms with Crippen LogP contribution in [0.4, 0.5) is 11.4 Å². The van der Waals surface area contributed by atoms with E-state index in [0.717, 1.165) is 11.1 Å². The average Bonchev–Trinajstić information content (AvgIpc) is 2.79. The molecule has 0 aromatic heterocycles. The molecule has 0 spiro atoms. The molecule has 1 aliphatic rings. The van der Waals surface area contributed by atoms with Gasteiger partial charge in [-0.1, -0.05) is 12.1 Å². The van der Waals surface area contributed by atoms with Crippen molar-refractivity contribution in [1.82, 2.24) is 0 Å². The number of carbonyl (C=O) groups is 1. The quantitative estimate of drug-likeness (QED) is 0.507. The number of carbonyl (C=O) groups excluding carboxylic acids is 1. The Bertz CT molecular complexity index is 859. The summed E-state index contributed by atoms with van der Waals surface area (Å²) in [7, 11) is 0. The lowest BCUT2D eigenvalue weighted by atomic mass is 10.0. The Hall–Kier alpha value is -2.10. The fourth-order valence-electron chi connectivity index (χ4n) is 2.23. The van der Waals surface area contributed by atoms with Gasteiger partial charge in [-0.15, -0.1) is 0 Å². The molecule has 0 saturated heterocycles. The molecular weight excluding hydrogens is 412 g/mol. The van der Waals surface area contributed by atoms with Crippen molar-refractivity contribution in [2.45, 2.75) is 0 Å². The molecule has 0 aliphatic carbocycles. The van der Waals surface area contributed by atoms with Crippen LogP contribution in [0.2, 0.25) is 0 Å². The predicted octanol–water partition coefficient (Wildman–Crippen LogP) is 4.96. The Morgan fingerprint density at radius 3 is 2.50 bits per heavy atom. The second kappa shape index (κ2) is 5.59. The van der Waals surface area contributed by atoms with Gasteiger partial charge in [-0.25, -0.2) is 4.85 Å². The van der Waals surface area contributed by atoms with Gasteiger partial charge < -0.3 is 10.4 Å². The maximum atomic E-state index is 12.1. The van der Waals surface area contributed by atoms with Gasteiger partial charge in [0, 0.05) is 16.8 Å². The van der Waals surface area contributed by atoms with E-state index in [1.165, 1.54) is 0 Å². The Balaban J connectivity index is 2.10. The van der Waals surface area contributed by atoms with Crippen LogP contribution in [0.15, 0.2) is 39.3 Å². The average molecular weight is 420 g/mol. The first-order chi connectivity index (χ1) is 10.5. The Kier molecular flexibility index (Phi) is 3.77. The highest BCUT2D eigenvalue weighted by Crippen LogP contribution is 2.38. The van der Waals surface area contributed by atoms with Gasteiger partial charge in [-0.05, 0) is 61.7 Å². The molecule has 1 amide bonds. The number of benzene rings is 2. The van der Waals surface area contributed by atoms with Crippen molar-refractivity contribution >= 4 is 60.8 Å². The summed E-state index contributed by atoms with van der Waals surface area (Å²) >= 11 is 6.54. The topological polar surface area (TPSA) is 53.7 Å². The lowest BCUT2D eigenvalue weighted by Crippen LogP contribution is -2.03. The fourth-order valence-corrected chi connectivity index (χ4v) is 3.45. The van der Waals surface area contributed by atoms with E-state index in [-0.39, 0.29) is 11.7 Å². The molecule has 6 heteroatoms. The predicted molar refractivity (Wildman–Crippen MR) is 92.7 cm³/mol. The number of fused-ring (bicyclic) bond motifs is 1. The summed E-state index contributed by atoms with van der Waals surface area (Å²) in [5, 5.41) is 12.5. The molecular formula is C16H8Br2N2O2. The van der Waals surface area contributed by atoms with Crippen LogP contribution in [0.3, 0.4) is 0 Å². The summed E-state index contributed by atoms with van der Waals surface area (Å²) in [5.74, 6) is -0.0995. The van der Waals surface area contributed by atoms with E-state index in [0.29, 0.717) is 25.9 Å². The highest BCUT2D eigenvalue weighted by Gasteiger charge is 2.24. The van der Waals surface area contributed by atoms with Gasteiger partial charge in [0.15, 0.2) is 5.69 Å². The summed E-state index contributed by atoms with van der Waals surface area (Å²) in [6.07, 6.45) is 1.74. The van der Waals surface area contributed by atoms with Crippen LogP contribution in [0.1, 0.15) is 11.1 Å². The summed E-state index contributed by atoms with van der Waals surface area (Å²) in [6, 6.07) is 8.56. The number of rotatable bonds is 1. The smallest absolute Gasteiger partial charge is 0.256 e. The summed E-state index contributed by atoms with van der Waals surface area (Å²) < 4.78 is 1.08. The molecule has 108 valence electrons. The van der Waals surface area contributed by atoms with Gasteiger partial charge in [0.25, 0.3) is 5.91 Å². The van der Waals surface area contributed by atoms with E-state index in [1.807, 2.05) is 0 Å². The number of halogens is 2. The van der Waals surface area contributed by atoms with E-state index in [9.17, 15) is 9.90 Å². The van der Waals surface area contributed by atoms with Crippen molar-refractivity contribution in [3.8, 4) is 5.75 Å². The first kappa shape index (κ1) is 14.8. The highest BCUT2D eigenvalue weighted by atomic mass is 79.9. The number of aromatic hydroxyl groups is 1. The molecule has 0 radical (unpaired) electrons. The largest absolute Gasteiger partial charge is 0.506 e. The normalized spacial score (nSPS) is 14.6. The Morgan fingerprint density at radius 2 is 1.86 bits per heavy atom. The van der Waals surface area contributed by atoms with E-state index in [4.69, 9.17) is 6.57 Å². The number of amides is 1. The number of nitrogens with one attached hydrogen (secondary N) is 1. The molecule has 4 nitrogen and oxygen atoms in total. The van der Waals surface area contributed by atoms with Gasteiger partial charge in [-0.3, -0.25) is 4.79 Å². The molecule has 22 heavy (non-hydrogen) atoms. The minimum absolute atomic E-state index is 0.111. The highest BCUT2D eigenvalue weighted by molar-refractivity contribution is 9.11. The van der Waals surface area contributed by atoms with E-state index >= 15 is 0 Å². The fraction of sp³-hybridized carbons (Fsp3) is 0. The van der Waals surface area contributed by atoms with Crippen LogP contribution in [-0.2, 0) is 4.79 Å². The van der Waals surface area contributed by atoms with Gasteiger partial charge in [0.05, 0.1) is 15.5 Å². The van der Waals surface area contributed by atoms with Gasteiger partial charge >= 0.3 is 0 Å². The molecule has 2 aromatic rings. The standard InChI is InChI=1S/C16H8Br2N2O2/c1-19-9-2-3-10-11(16(22)20-14(10)7-9)4-8-5-12(17)15(21)13(18)6-8/h2-7,21H,(H,20,22)/b11-4-. The Morgan fingerprint density at radius 1 is 1.18 bits per heavy atom. The third-order valence-electron chi connectivity index (χ3n) is 3.27. The Labute approximate surface area is 143 Å². The van der Waals surface area contributed by atoms with Crippen LogP contribution >= 0.6 is 31.9 Å². The zero-order chi connectivity index (χ0) is 15.9. The number of hydrogen-bond donors (Lipinski definition) is 2. The monoisotopic (exact) mass is 418 g/mol. The van der Waals surface area contributed by atoms with E-state index in [2.05, 4.69) is 42.0 Å². The van der Waals surface area contributed by atoms with Crippen molar-refractivity contribution in [2.75, 3.05) is 5.32 Å². The van der Waals surface area contributed by atoms with Crippen molar-refractivity contribution < 1.29 is 9.90 Å². The maximum Gasteiger partial charge on any atom is 0.256 e. The maximum absolute atomic E-state index is 12.1. The number of phenolic OH excluding ortho intramolecular Hbond substituents is 1. The summed E-state index contributed by atoms with van der Waals surface area (Å²) in [4.78, 5) is 15.5. The first-order valence-electron chi connectivity index (χ1n) is 6.22. The van der Waals surface area contributed by atoms with Crippen molar-refractivity contribution in [2.24, 2.45) is 0 Å². The number of phenols is 1. The first-order valence-corrected chi connectivity index (χ1v) is 7.81. The molecule has 1 aliphatic heterocycles. The van der Waals surface area contributed by atoms with Gasteiger partial charge in [0.2, 0.25) is 0 Å². The summed E-state index contributed by atoms with van der Waals surface area (Å²) in [5.41, 5.74) is 3.18. The zero-order valence-corrected chi connectivity index (χ0v) is 14.2. The third kappa shape index (κ3) is 2.54. The van der Waals surface area contributed by atoms with Crippen LogP contribution in [0, 0.1) is 6.57 Å². The molecule has 0 unspecified atom stereocenters. The van der Waals surface area contributed by atoms with Gasteiger partial charge in [0.1, 0.15) is 5.75 Å². The summed E-state index contributed by atoms with van der Waals surface area (Å²) in [6.45, 7) is 7.02. The zero-order valence-electron chi connectivity index (χ0n) is 11.0. The van der Waals surface area contributed by atoms with Crippen molar-refractivity contribution in [1.29, 1.82) is 0 Å². The molecule has 3 rings (SSSR count). The molecule has 2 aromatic carbocycles. The van der Waals surface area contributed by atoms with Crippen LogP contribution in [-0.4, -0.2) is 11.0 Å². The lowest BCUT2D eigenvalue weighted by molar-refractivity contribution is -0.110. The van der Waals surface area contributed by atoms with Crippen molar-refractivity contribution in [3.05, 3.63) is 61.8 Å². The SMILES string of the molecule is [C-]#[N+]c1ccc2c(c1)NC(=O)/C2=C\c1cc(Br)c(O)c(Br)c1. The number of hydrogen-bond acceptors (Lipinski definition) is 2. The minimum Gasteiger partial charge on any atom is -0.506 e. The van der Waals surface area contributed by atoms with Crippen LogP contribution in [0.25, 0.3) is 16.5 Å². The third-order valence-corrected chi connectivity index (χ3v) is 4.47. The number of nitrogens with zero attached hydrogens (tertiary/aromatic N) is 1. The molecule has 0 atom stereocenters. The molecule has 2 N–H and O–H groups in total.